The summed E-state index contributed by atoms with van der Waals surface area (Å²) in [6.07, 6.45) is 3.31. The normalized spacial score (nSPS) is 10.3. The molecule has 0 saturated carbocycles. The fourth-order valence-corrected chi connectivity index (χ4v) is 2.44. The lowest BCUT2D eigenvalue weighted by Gasteiger charge is -2.12. The van der Waals surface area contributed by atoms with E-state index in [4.69, 9.17) is 9.47 Å². The first-order valence-electron chi connectivity index (χ1n) is 8.14. The predicted molar refractivity (Wildman–Crippen MR) is 101 cm³/mol. The van der Waals surface area contributed by atoms with Gasteiger partial charge in [0.15, 0.2) is 0 Å². The van der Waals surface area contributed by atoms with Crippen molar-refractivity contribution in [1.82, 2.24) is 15.0 Å². The van der Waals surface area contributed by atoms with Crippen LogP contribution in [-0.2, 0) is 6.54 Å². The Balaban J connectivity index is 1.71. The second-order valence-corrected chi connectivity index (χ2v) is 5.66. The molecule has 1 aromatic carbocycles. The van der Waals surface area contributed by atoms with Gasteiger partial charge in [-0.1, -0.05) is 0 Å². The van der Waals surface area contributed by atoms with Crippen LogP contribution < -0.4 is 20.1 Å². The van der Waals surface area contributed by atoms with Gasteiger partial charge >= 0.3 is 0 Å². The van der Waals surface area contributed by atoms with Gasteiger partial charge in [0.1, 0.15) is 29.5 Å². The van der Waals surface area contributed by atoms with Gasteiger partial charge < -0.3 is 20.1 Å². The molecular formula is C19H21N5O2. The third-order valence-corrected chi connectivity index (χ3v) is 3.76. The van der Waals surface area contributed by atoms with E-state index in [1.54, 1.807) is 20.4 Å². The molecule has 3 aromatic rings. The van der Waals surface area contributed by atoms with Gasteiger partial charge in [0.25, 0.3) is 0 Å². The first-order valence-corrected chi connectivity index (χ1v) is 8.14. The Morgan fingerprint density at radius 3 is 2.54 bits per heavy atom. The number of pyridine rings is 1. The Kier molecular flexibility index (Phi) is 5.48. The summed E-state index contributed by atoms with van der Waals surface area (Å²) in [7, 11) is 3.23. The Bertz CT molecular complexity index is 885. The smallest absolute Gasteiger partial charge is 0.146 e. The highest BCUT2D eigenvalue weighted by Gasteiger charge is 2.07. The number of nitrogens with one attached hydrogen (secondary N) is 2. The zero-order valence-electron chi connectivity index (χ0n) is 15.0. The predicted octanol–water partition coefficient (Wildman–Crippen LogP) is 3.55. The SMILES string of the molecule is COc1ccc(Nc2cc(NCc3cc(C)ccn3)ncn2)c(OC)c1. The topological polar surface area (TPSA) is 81.2 Å². The molecule has 0 saturated heterocycles. The molecule has 0 unspecified atom stereocenters. The minimum Gasteiger partial charge on any atom is -0.497 e. The van der Waals surface area contributed by atoms with Gasteiger partial charge in [-0.2, -0.15) is 0 Å². The molecule has 134 valence electrons. The summed E-state index contributed by atoms with van der Waals surface area (Å²) in [6, 6.07) is 11.4. The Morgan fingerprint density at radius 2 is 1.77 bits per heavy atom. The van der Waals surface area contributed by atoms with Gasteiger partial charge in [-0.15, -0.1) is 0 Å². The molecule has 26 heavy (non-hydrogen) atoms. The number of aromatic nitrogens is 3. The van der Waals surface area contributed by atoms with Crippen LogP contribution in [0.25, 0.3) is 0 Å². The van der Waals surface area contributed by atoms with E-state index < -0.39 is 0 Å². The molecule has 0 radical (unpaired) electrons. The minimum absolute atomic E-state index is 0.587. The third kappa shape index (κ3) is 4.38. The van der Waals surface area contributed by atoms with Gasteiger partial charge in [0, 0.05) is 18.3 Å². The van der Waals surface area contributed by atoms with E-state index in [1.807, 2.05) is 43.3 Å². The molecule has 2 aromatic heterocycles. The number of nitrogens with zero attached hydrogens (tertiary/aromatic N) is 3. The van der Waals surface area contributed by atoms with Crippen molar-refractivity contribution in [3.05, 3.63) is 60.2 Å². The molecule has 0 aliphatic rings. The number of ether oxygens (including phenoxy) is 2. The highest BCUT2D eigenvalue weighted by Crippen LogP contribution is 2.31. The van der Waals surface area contributed by atoms with Gasteiger partial charge in [-0.05, 0) is 36.8 Å². The molecule has 7 nitrogen and oxygen atoms in total. The first-order chi connectivity index (χ1) is 12.7. The number of benzene rings is 1. The van der Waals surface area contributed by atoms with Gasteiger partial charge in [0.2, 0.25) is 0 Å². The van der Waals surface area contributed by atoms with E-state index in [0.29, 0.717) is 23.9 Å². The maximum absolute atomic E-state index is 5.40. The highest BCUT2D eigenvalue weighted by atomic mass is 16.5. The van der Waals surface area contributed by atoms with Crippen molar-refractivity contribution < 1.29 is 9.47 Å². The molecule has 0 atom stereocenters. The maximum atomic E-state index is 5.40. The number of hydrogen-bond donors (Lipinski definition) is 2. The van der Waals surface area contributed by atoms with Crippen molar-refractivity contribution in [1.29, 1.82) is 0 Å². The van der Waals surface area contributed by atoms with Crippen molar-refractivity contribution in [2.45, 2.75) is 13.5 Å². The van der Waals surface area contributed by atoms with Crippen molar-refractivity contribution >= 4 is 17.3 Å². The lowest BCUT2D eigenvalue weighted by Crippen LogP contribution is -2.05. The molecule has 7 heteroatoms. The summed E-state index contributed by atoms with van der Waals surface area (Å²) in [4.78, 5) is 12.8. The molecule has 0 fully saturated rings. The van der Waals surface area contributed by atoms with Crippen LogP contribution in [0.2, 0.25) is 0 Å². The number of aryl methyl sites for hydroxylation is 1. The summed E-state index contributed by atoms with van der Waals surface area (Å²) in [5, 5.41) is 6.49. The van der Waals surface area contributed by atoms with Gasteiger partial charge in [-0.25, -0.2) is 9.97 Å². The van der Waals surface area contributed by atoms with Crippen LogP contribution in [0.15, 0.2) is 48.9 Å². The molecule has 0 amide bonds. The van der Waals surface area contributed by atoms with Crippen LogP contribution in [0, 0.1) is 6.92 Å². The lowest BCUT2D eigenvalue weighted by molar-refractivity contribution is 0.395. The lowest BCUT2D eigenvalue weighted by atomic mass is 10.2. The van der Waals surface area contributed by atoms with Crippen LogP contribution in [0.5, 0.6) is 11.5 Å². The third-order valence-electron chi connectivity index (χ3n) is 3.76. The largest absolute Gasteiger partial charge is 0.497 e. The Hall–Kier alpha value is -3.35. The van der Waals surface area contributed by atoms with E-state index >= 15 is 0 Å². The standard InChI is InChI=1S/C19H21N5O2/c1-13-6-7-20-14(8-13)11-21-18-10-19(23-12-22-18)24-16-5-4-15(25-2)9-17(16)26-3/h4-10,12H,11H2,1-3H3,(H2,21,22,23,24). The van der Waals surface area contributed by atoms with E-state index in [0.717, 1.165) is 17.1 Å². The zero-order chi connectivity index (χ0) is 18.4. The van der Waals surface area contributed by atoms with Crippen molar-refractivity contribution in [2.24, 2.45) is 0 Å². The quantitative estimate of drug-likeness (QED) is 0.673. The van der Waals surface area contributed by atoms with Crippen LogP contribution in [0.4, 0.5) is 17.3 Å². The summed E-state index contributed by atoms with van der Waals surface area (Å²) in [5.41, 5.74) is 2.92. The van der Waals surface area contributed by atoms with Crippen LogP contribution in [0.3, 0.4) is 0 Å². The van der Waals surface area contributed by atoms with Crippen LogP contribution >= 0.6 is 0 Å². The summed E-state index contributed by atoms with van der Waals surface area (Å²) in [6.45, 7) is 2.63. The maximum Gasteiger partial charge on any atom is 0.146 e. The Morgan fingerprint density at radius 1 is 0.923 bits per heavy atom. The van der Waals surface area contributed by atoms with E-state index in [9.17, 15) is 0 Å². The van der Waals surface area contributed by atoms with Crippen molar-refractivity contribution in [3.8, 4) is 11.5 Å². The summed E-state index contributed by atoms with van der Waals surface area (Å²) < 4.78 is 10.6. The number of hydrogen-bond acceptors (Lipinski definition) is 7. The van der Waals surface area contributed by atoms with E-state index in [2.05, 4.69) is 25.6 Å². The van der Waals surface area contributed by atoms with Gasteiger partial charge in [0.05, 0.1) is 32.1 Å². The minimum atomic E-state index is 0.587. The van der Waals surface area contributed by atoms with Crippen molar-refractivity contribution in [3.63, 3.8) is 0 Å². The molecule has 0 spiro atoms. The number of rotatable bonds is 7. The second-order valence-electron chi connectivity index (χ2n) is 5.66. The molecule has 0 aliphatic carbocycles. The van der Waals surface area contributed by atoms with Crippen LogP contribution in [0.1, 0.15) is 11.3 Å². The van der Waals surface area contributed by atoms with Crippen molar-refractivity contribution in [2.75, 3.05) is 24.9 Å². The molecule has 3 rings (SSSR count). The van der Waals surface area contributed by atoms with Crippen LogP contribution in [-0.4, -0.2) is 29.2 Å². The second kappa shape index (κ2) is 8.15. The fourth-order valence-electron chi connectivity index (χ4n) is 2.44. The average molecular weight is 351 g/mol. The van der Waals surface area contributed by atoms with Gasteiger partial charge in [-0.3, -0.25) is 4.98 Å². The van der Waals surface area contributed by atoms with E-state index in [-0.39, 0.29) is 0 Å². The monoisotopic (exact) mass is 351 g/mol. The number of anilines is 3. The molecular weight excluding hydrogens is 330 g/mol. The average Bonchev–Trinajstić information content (AvgIpc) is 2.67. The molecule has 0 aliphatic heterocycles. The molecule has 2 N–H and O–H groups in total. The molecule has 2 heterocycles. The van der Waals surface area contributed by atoms with E-state index in [1.165, 1.54) is 11.9 Å². The molecule has 0 bridgehead atoms. The zero-order valence-corrected chi connectivity index (χ0v) is 15.0. The highest BCUT2D eigenvalue weighted by molar-refractivity contribution is 5.66. The first kappa shape index (κ1) is 17.5. The fraction of sp³-hybridized carbons (Fsp3) is 0.211. The summed E-state index contributed by atoms with van der Waals surface area (Å²) in [5.74, 6) is 2.76. The number of methoxy groups -OCH3 is 2. The summed E-state index contributed by atoms with van der Waals surface area (Å²) >= 11 is 0. The Labute approximate surface area is 152 Å².